The molecule has 0 N–H and O–H groups in total. The maximum atomic E-state index is 12.5. The van der Waals surface area contributed by atoms with E-state index in [4.69, 9.17) is 0 Å². The van der Waals surface area contributed by atoms with Gasteiger partial charge in [0.15, 0.2) is 5.78 Å². The Hall–Kier alpha value is -2.69. The van der Waals surface area contributed by atoms with E-state index in [1.165, 1.54) is 7.11 Å². The molecule has 22 heavy (non-hydrogen) atoms. The van der Waals surface area contributed by atoms with Gasteiger partial charge in [0, 0.05) is 18.3 Å². The molecule has 0 radical (unpaired) electrons. The van der Waals surface area contributed by atoms with E-state index in [1.54, 1.807) is 23.0 Å². The van der Waals surface area contributed by atoms with Gasteiger partial charge in [-0.1, -0.05) is 12.1 Å². The molecule has 0 bridgehead atoms. The van der Waals surface area contributed by atoms with E-state index in [9.17, 15) is 9.59 Å². The number of rotatable bonds is 2. The number of carbonyl (C=O) groups is 2. The van der Waals surface area contributed by atoms with Gasteiger partial charge in [0.2, 0.25) is 0 Å². The number of hydrogen-bond acceptors (Lipinski definition) is 4. The van der Waals surface area contributed by atoms with Crippen LogP contribution in [0.1, 0.15) is 38.4 Å². The average molecular weight is 296 g/mol. The molecule has 5 heteroatoms. The lowest BCUT2D eigenvalue weighted by atomic mass is 9.90. The van der Waals surface area contributed by atoms with Gasteiger partial charge in [-0.2, -0.15) is 5.10 Å². The highest BCUT2D eigenvalue weighted by atomic mass is 16.5. The minimum Gasteiger partial charge on any atom is -0.465 e. The second kappa shape index (κ2) is 5.60. The van der Waals surface area contributed by atoms with Crippen LogP contribution in [0.3, 0.4) is 0 Å². The summed E-state index contributed by atoms with van der Waals surface area (Å²) in [5, 5.41) is 4.15. The van der Waals surface area contributed by atoms with Gasteiger partial charge < -0.3 is 4.74 Å². The Bertz CT molecular complexity index is 770. The van der Waals surface area contributed by atoms with Gasteiger partial charge in [-0.25, -0.2) is 4.79 Å². The number of esters is 1. The van der Waals surface area contributed by atoms with Crippen LogP contribution in [0.2, 0.25) is 0 Å². The molecule has 1 aliphatic rings. The Balaban J connectivity index is 1.87. The Morgan fingerprint density at radius 1 is 1.27 bits per heavy atom. The molecule has 0 saturated carbocycles. The molecule has 3 rings (SSSR count). The van der Waals surface area contributed by atoms with Crippen LogP contribution < -0.4 is 0 Å². The van der Waals surface area contributed by atoms with E-state index >= 15 is 0 Å². The molecule has 0 saturated heterocycles. The number of ketones is 1. The Labute approximate surface area is 128 Å². The second-order valence-electron chi connectivity index (χ2n) is 5.24. The van der Waals surface area contributed by atoms with Crippen molar-refractivity contribution in [2.45, 2.75) is 12.8 Å². The SMILES string of the molecule is COC(=O)c1ccc(/C=C2/CCc3c(cnn3C)C2=O)cc1. The van der Waals surface area contributed by atoms with Crippen molar-refractivity contribution in [1.29, 1.82) is 0 Å². The quantitative estimate of drug-likeness (QED) is 0.631. The lowest BCUT2D eigenvalue weighted by molar-refractivity contribution is 0.0600. The van der Waals surface area contributed by atoms with Crippen molar-refractivity contribution in [3.63, 3.8) is 0 Å². The summed E-state index contributed by atoms with van der Waals surface area (Å²) in [5.74, 6) is -0.334. The predicted molar refractivity (Wildman–Crippen MR) is 81.6 cm³/mol. The van der Waals surface area contributed by atoms with Crippen LogP contribution in [0, 0.1) is 0 Å². The molecule has 1 heterocycles. The van der Waals surface area contributed by atoms with Crippen LogP contribution >= 0.6 is 0 Å². The molecule has 112 valence electrons. The normalized spacial score (nSPS) is 15.7. The summed E-state index contributed by atoms with van der Waals surface area (Å²) in [6.07, 6.45) is 5.01. The number of aromatic nitrogens is 2. The van der Waals surface area contributed by atoms with Crippen molar-refractivity contribution in [3.05, 3.63) is 58.4 Å². The van der Waals surface area contributed by atoms with Crippen molar-refractivity contribution in [2.24, 2.45) is 7.05 Å². The first-order valence-electron chi connectivity index (χ1n) is 7.04. The highest BCUT2D eigenvalue weighted by Crippen LogP contribution is 2.26. The molecule has 0 fully saturated rings. The zero-order valence-corrected chi connectivity index (χ0v) is 12.5. The Morgan fingerprint density at radius 3 is 2.68 bits per heavy atom. The van der Waals surface area contributed by atoms with Crippen molar-refractivity contribution in [1.82, 2.24) is 9.78 Å². The zero-order chi connectivity index (χ0) is 15.7. The fourth-order valence-corrected chi connectivity index (χ4v) is 2.66. The number of fused-ring (bicyclic) bond motifs is 1. The molecule has 1 aliphatic carbocycles. The number of Topliss-reactive ketones (excluding diaryl/α,β-unsaturated/α-hetero) is 1. The minimum atomic E-state index is -0.368. The van der Waals surface area contributed by atoms with E-state index in [1.807, 2.05) is 25.3 Å². The number of aryl methyl sites for hydroxylation is 1. The molecule has 0 atom stereocenters. The molecule has 5 nitrogen and oxygen atoms in total. The lowest BCUT2D eigenvalue weighted by Gasteiger charge is -2.14. The van der Waals surface area contributed by atoms with Gasteiger partial charge in [-0.15, -0.1) is 0 Å². The maximum absolute atomic E-state index is 12.5. The highest BCUT2D eigenvalue weighted by Gasteiger charge is 2.24. The van der Waals surface area contributed by atoms with Gasteiger partial charge in [0.05, 0.1) is 24.4 Å². The number of benzene rings is 1. The first kappa shape index (κ1) is 14.3. The molecule has 1 aromatic heterocycles. The monoisotopic (exact) mass is 296 g/mol. The van der Waals surface area contributed by atoms with Crippen molar-refractivity contribution in [2.75, 3.05) is 7.11 Å². The van der Waals surface area contributed by atoms with Crippen molar-refractivity contribution >= 4 is 17.8 Å². The smallest absolute Gasteiger partial charge is 0.337 e. The van der Waals surface area contributed by atoms with Crippen LogP contribution in [-0.2, 0) is 18.2 Å². The summed E-state index contributed by atoms with van der Waals surface area (Å²) in [6, 6.07) is 7.01. The van der Waals surface area contributed by atoms with E-state index < -0.39 is 0 Å². The number of carbonyl (C=O) groups excluding carboxylic acids is 2. The largest absolute Gasteiger partial charge is 0.465 e. The maximum Gasteiger partial charge on any atom is 0.337 e. The van der Waals surface area contributed by atoms with E-state index in [0.29, 0.717) is 17.5 Å². The number of hydrogen-bond donors (Lipinski definition) is 0. The van der Waals surface area contributed by atoms with Crippen molar-refractivity contribution < 1.29 is 14.3 Å². The first-order valence-corrected chi connectivity index (χ1v) is 7.04. The van der Waals surface area contributed by atoms with Gasteiger partial charge in [-0.3, -0.25) is 9.48 Å². The van der Waals surface area contributed by atoms with Crippen LogP contribution in [0.15, 0.2) is 36.0 Å². The predicted octanol–water partition coefficient (Wildman–Crippen LogP) is 2.42. The summed E-state index contributed by atoms with van der Waals surface area (Å²) >= 11 is 0. The van der Waals surface area contributed by atoms with Crippen LogP contribution in [-0.4, -0.2) is 28.6 Å². The van der Waals surface area contributed by atoms with Gasteiger partial charge >= 0.3 is 5.97 Å². The number of methoxy groups -OCH3 is 1. The van der Waals surface area contributed by atoms with E-state index in [2.05, 4.69) is 9.84 Å². The number of ether oxygens (including phenoxy) is 1. The second-order valence-corrected chi connectivity index (χ2v) is 5.24. The van der Waals surface area contributed by atoms with E-state index in [0.717, 1.165) is 23.3 Å². The third-order valence-corrected chi connectivity index (χ3v) is 3.90. The molecule has 2 aromatic rings. The lowest BCUT2D eigenvalue weighted by Crippen LogP contribution is -2.15. The molecule has 0 amide bonds. The number of allylic oxidation sites excluding steroid dienone is 1. The molecule has 0 spiro atoms. The molecule has 0 aliphatic heterocycles. The highest BCUT2D eigenvalue weighted by molar-refractivity contribution is 6.12. The fourth-order valence-electron chi connectivity index (χ4n) is 2.66. The van der Waals surface area contributed by atoms with Crippen LogP contribution in [0.5, 0.6) is 0 Å². The summed E-state index contributed by atoms with van der Waals surface area (Å²) < 4.78 is 6.43. The summed E-state index contributed by atoms with van der Waals surface area (Å²) in [6.45, 7) is 0. The van der Waals surface area contributed by atoms with Gasteiger partial charge in [0.25, 0.3) is 0 Å². The fraction of sp³-hybridized carbons (Fsp3) is 0.235. The third kappa shape index (κ3) is 2.45. The van der Waals surface area contributed by atoms with Crippen LogP contribution in [0.4, 0.5) is 0 Å². The molecular weight excluding hydrogens is 280 g/mol. The van der Waals surface area contributed by atoms with Crippen molar-refractivity contribution in [3.8, 4) is 0 Å². The zero-order valence-electron chi connectivity index (χ0n) is 12.5. The van der Waals surface area contributed by atoms with E-state index in [-0.39, 0.29) is 11.8 Å². The minimum absolute atomic E-state index is 0.0337. The Morgan fingerprint density at radius 2 is 2.00 bits per heavy atom. The van der Waals surface area contributed by atoms with Crippen LogP contribution in [0.25, 0.3) is 6.08 Å². The third-order valence-electron chi connectivity index (χ3n) is 3.90. The molecule has 0 unspecified atom stereocenters. The van der Waals surface area contributed by atoms with Gasteiger partial charge in [-0.05, 0) is 36.6 Å². The standard InChI is InChI=1S/C17H16N2O3/c1-19-15-8-7-13(16(20)14(15)10-18-19)9-11-3-5-12(6-4-11)17(21)22-2/h3-6,9-10H,7-8H2,1-2H3/b13-9-. The summed E-state index contributed by atoms with van der Waals surface area (Å²) in [4.78, 5) is 23.9. The van der Waals surface area contributed by atoms with Gasteiger partial charge in [0.1, 0.15) is 0 Å². The molecule has 1 aromatic carbocycles. The summed E-state index contributed by atoms with van der Waals surface area (Å²) in [5.41, 5.74) is 3.83. The molecular formula is C17H16N2O3. The first-order chi connectivity index (χ1) is 10.6. The average Bonchev–Trinajstić information content (AvgIpc) is 2.92. The number of nitrogens with zero attached hydrogens (tertiary/aromatic N) is 2. The topological polar surface area (TPSA) is 61.2 Å². The summed E-state index contributed by atoms with van der Waals surface area (Å²) in [7, 11) is 3.21. The Kier molecular flexibility index (Phi) is 3.63.